The molecule has 4 aromatic rings. The van der Waals surface area contributed by atoms with Gasteiger partial charge in [-0.15, -0.1) is 0 Å². The van der Waals surface area contributed by atoms with E-state index < -0.39 is 0 Å². The van der Waals surface area contributed by atoms with Crippen molar-refractivity contribution in [1.82, 2.24) is 20.6 Å². The first-order chi connectivity index (χ1) is 16.2. The van der Waals surface area contributed by atoms with Crippen LogP contribution in [0.2, 0.25) is 0 Å². The van der Waals surface area contributed by atoms with Crippen LogP contribution in [0.25, 0.3) is 11.5 Å². The first-order valence-electron chi connectivity index (χ1n) is 10.8. The Morgan fingerprint density at radius 1 is 0.970 bits per heavy atom. The summed E-state index contributed by atoms with van der Waals surface area (Å²) in [5.74, 6) is 1.86. The lowest BCUT2D eigenvalue weighted by atomic mass is 10.1. The monoisotopic (exact) mass is 441 g/mol. The largest absolute Gasteiger partial charge is 0.473 e. The number of aryl methyl sites for hydroxylation is 1. The summed E-state index contributed by atoms with van der Waals surface area (Å²) in [5, 5.41) is 6.56. The highest BCUT2D eigenvalue weighted by Gasteiger charge is 2.08. The Balaban J connectivity index is 1.27. The van der Waals surface area contributed by atoms with Crippen molar-refractivity contribution >= 4 is 5.96 Å². The quantitative estimate of drug-likeness (QED) is 0.310. The van der Waals surface area contributed by atoms with Crippen molar-refractivity contribution < 1.29 is 9.15 Å². The van der Waals surface area contributed by atoms with Crippen molar-refractivity contribution in [3.8, 4) is 17.3 Å². The molecule has 7 heteroatoms. The zero-order chi connectivity index (χ0) is 22.9. The van der Waals surface area contributed by atoms with Crippen LogP contribution in [-0.2, 0) is 19.7 Å². The normalized spacial score (nSPS) is 11.3. The van der Waals surface area contributed by atoms with Crippen LogP contribution in [-0.4, -0.2) is 23.0 Å². The van der Waals surface area contributed by atoms with Crippen LogP contribution >= 0.6 is 0 Å². The lowest BCUT2D eigenvalue weighted by molar-refractivity contribution is 0.293. The third-order valence-corrected chi connectivity index (χ3v) is 5.00. The molecule has 2 heterocycles. The number of guanidine groups is 1. The summed E-state index contributed by atoms with van der Waals surface area (Å²) in [6.45, 7) is 3.61. The molecule has 33 heavy (non-hydrogen) atoms. The molecule has 0 amide bonds. The van der Waals surface area contributed by atoms with Crippen LogP contribution in [0.5, 0.6) is 5.88 Å². The second kappa shape index (κ2) is 10.9. The van der Waals surface area contributed by atoms with Crippen LogP contribution in [0.15, 0.2) is 88.6 Å². The number of aliphatic imine (C=N–C) groups is 1. The van der Waals surface area contributed by atoms with Gasteiger partial charge in [0.15, 0.2) is 5.96 Å². The SMILES string of the molecule is CN=C(NCc1ccnc(OCc2ccccc2)c1)NCc1coc(-c2ccc(C)cc2)n1. The number of benzene rings is 2. The molecule has 0 aliphatic heterocycles. The zero-order valence-electron chi connectivity index (χ0n) is 18.8. The van der Waals surface area contributed by atoms with Crippen LogP contribution in [0.4, 0.5) is 0 Å². The number of rotatable bonds is 8. The molecule has 2 aromatic carbocycles. The summed E-state index contributed by atoms with van der Waals surface area (Å²) >= 11 is 0. The molecule has 0 saturated carbocycles. The third kappa shape index (κ3) is 6.43. The lowest BCUT2D eigenvalue weighted by Gasteiger charge is -2.12. The second-order valence-electron chi connectivity index (χ2n) is 7.57. The summed E-state index contributed by atoms with van der Waals surface area (Å²) in [7, 11) is 1.73. The molecule has 0 atom stereocenters. The van der Waals surface area contributed by atoms with Crippen LogP contribution in [0.3, 0.4) is 0 Å². The van der Waals surface area contributed by atoms with E-state index in [-0.39, 0.29) is 0 Å². The molecule has 0 unspecified atom stereocenters. The van der Waals surface area contributed by atoms with E-state index in [1.807, 2.05) is 66.7 Å². The average Bonchev–Trinajstić information content (AvgIpc) is 3.33. The maximum atomic E-state index is 5.81. The van der Waals surface area contributed by atoms with Gasteiger partial charge < -0.3 is 19.8 Å². The number of ether oxygens (including phenoxy) is 1. The highest BCUT2D eigenvalue weighted by Crippen LogP contribution is 2.19. The second-order valence-corrected chi connectivity index (χ2v) is 7.57. The molecule has 0 saturated heterocycles. The van der Waals surface area contributed by atoms with Crippen molar-refractivity contribution in [1.29, 1.82) is 0 Å². The topological polar surface area (TPSA) is 84.6 Å². The molecule has 0 fully saturated rings. The first kappa shape index (κ1) is 22.1. The van der Waals surface area contributed by atoms with E-state index in [1.165, 1.54) is 5.56 Å². The van der Waals surface area contributed by atoms with E-state index in [0.717, 1.165) is 22.4 Å². The molecule has 0 bridgehead atoms. The molecule has 2 N–H and O–H groups in total. The van der Waals surface area contributed by atoms with Gasteiger partial charge in [-0.2, -0.15) is 0 Å². The Hall–Kier alpha value is -4.13. The van der Waals surface area contributed by atoms with Crippen molar-refractivity contribution in [3.63, 3.8) is 0 Å². The van der Waals surface area contributed by atoms with E-state index >= 15 is 0 Å². The van der Waals surface area contributed by atoms with Gasteiger partial charge in [-0.05, 0) is 36.2 Å². The molecule has 2 aromatic heterocycles. The van der Waals surface area contributed by atoms with Gasteiger partial charge in [0, 0.05) is 31.4 Å². The summed E-state index contributed by atoms with van der Waals surface area (Å²) in [5.41, 5.74) is 5.10. The maximum Gasteiger partial charge on any atom is 0.226 e. The Labute approximate surface area is 193 Å². The molecule has 4 rings (SSSR count). The Morgan fingerprint density at radius 3 is 2.55 bits per heavy atom. The fourth-order valence-electron chi connectivity index (χ4n) is 3.17. The molecule has 0 spiro atoms. The highest BCUT2D eigenvalue weighted by molar-refractivity contribution is 5.79. The van der Waals surface area contributed by atoms with Gasteiger partial charge in [0.25, 0.3) is 0 Å². The molecule has 0 radical (unpaired) electrons. The van der Waals surface area contributed by atoms with Crippen molar-refractivity contribution in [2.24, 2.45) is 4.99 Å². The zero-order valence-corrected chi connectivity index (χ0v) is 18.8. The van der Waals surface area contributed by atoms with Crippen LogP contribution in [0.1, 0.15) is 22.4 Å². The number of aromatic nitrogens is 2. The summed E-state index contributed by atoms with van der Waals surface area (Å²) in [6, 6.07) is 22.0. The third-order valence-electron chi connectivity index (χ3n) is 5.00. The van der Waals surface area contributed by atoms with Crippen molar-refractivity contribution in [2.75, 3.05) is 7.05 Å². The lowest BCUT2D eigenvalue weighted by Crippen LogP contribution is -2.36. The van der Waals surface area contributed by atoms with Gasteiger partial charge in [-0.1, -0.05) is 48.0 Å². The minimum atomic E-state index is 0.482. The van der Waals surface area contributed by atoms with Crippen molar-refractivity contribution in [3.05, 3.63) is 102 Å². The van der Waals surface area contributed by atoms with Gasteiger partial charge in [0.1, 0.15) is 12.9 Å². The van der Waals surface area contributed by atoms with Crippen LogP contribution in [0, 0.1) is 6.92 Å². The highest BCUT2D eigenvalue weighted by atomic mass is 16.5. The molecule has 0 aliphatic rings. The summed E-state index contributed by atoms with van der Waals surface area (Å²) in [4.78, 5) is 13.1. The molecule has 0 aliphatic carbocycles. The molecular formula is C26H27N5O2. The van der Waals surface area contributed by atoms with Gasteiger partial charge in [0.05, 0.1) is 12.2 Å². The smallest absolute Gasteiger partial charge is 0.226 e. The number of oxazole rings is 1. The minimum Gasteiger partial charge on any atom is -0.473 e. The fourth-order valence-corrected chi connectivity index (χ4v) is 3.17. The number of nitrogens with zero attached hydrogens (tertiary/aromatic N) is 3. The van der Waals surface area contributed by atoms with E-state index in [4.69, 9.17) is 9.15 Å². The van der Waals surface area contributed by atoms with Crippen LogP contribution < -0.4 is 15.4 Å². The Morgan fingerprint density at radius 2 is 1.76 bits per heavy atom. The first-order valence-corrected chi connectivity index (χ1v) is 10.8. The minimum absolute atomic E-state index is 0.482. The molecule has 7 nitrogen and oxygen atoms in total. The fraction of sp³-hybridized carbons (Fsp3) is 0.192. The van der Waals surface area contributed by atoms with Crippen molar-refractivity contribution in [2.45, 2.75) is 26.6 Å². The average molecular weight is 442 g/mol. The van der Waals surface area contributed by atoms with Gasteiger partial charge >= 0.3 is 0 Å². The number of hydrogen-bond acceptors (Lipinski definition) is 5. The number of pyridine rings is 1. The molecule has 168 valence electrons. The van der Waals surface area contributed by atoms with E-state index in [0.29, 0.717) is 37.4 Å². The van der Waals surface area contributed by atoms with E-state index in [2.05, 4.69) is 32.5 Å². The summed E-state index contributed by atoms with van der Waals surface area (Å²) in [6.07, 6.45) is 3.41. The van der Waals surface area contributed by atoms with E-state index in [9.17, 15) is 0 Å². The predicted octanol–water partition coefficient (Wildman–Crippen LogP) is 4.49. The maximum absolute atomic E-state index is 5.81. The van der Waals surface area contributed by atoms with Gasteiger partial charge in [0.2, 0.25) is 11.8 Å². The summed E-state index contributed by atoms with van der Waals surface area (Å²) < 4.78 is 11.4. The number of hydrogen-bond donors (Lipinski definition) is 2. The Bertz CT molecular complexity index is 1190. The Kier molecular flexibility index (Phi) is 7.33. The number of nitrogens with one attached hydrogen (secondary N) is 2. The predicted molar refractivity (Wildman–Crippen MR) is 129 cm³/mol. The van der Waals surface area contributed by atoms with Gasteiger partial charge in [-0.3, -0.25) is 4.99 Å². The molecular weight excluding hydrogens is 414 g/mol. The van der Waals surface area contributed by atoms with Gasteiger partial charge in [-0.25, -0.2) is 9.97 Å². The van der Waals surface area contributed by atoms with E-state index in [1.54, 1.807) is 19.5 Å². The standard InChI is InChI=1S/C26H27N5O2/c1-19-8-10-22(11-9-19)25-31-23(18-33-25)16-30-26(27-2)29-15-21-12-13-28-24(14-21)32-17-20-6-4-3-5-7-20/h3-14,18H,15-17H2,1-2H3,(H2,27,29,30).